The summed E-state index contributed by atoms with van der Waals surface area (Å²) in [6, 6.07) is 14.9. The number of benzene rings is 2. The van der Waals surface area contributed by atoms with E-state index in [-0.39, 0.29) is 17.2 Å². The van der Waals surface area contributed by atoms with E-state index in [9.17, 15) is 9.59 Å². The first kappa shape index (κ1) is 21.5. The number of nitrogens with zero attached hydrogens (tertiary/aromatic N) is 1. The molecule has 0 saturated carbocycles. The molecule has 9 heteroatoms. The summed E-state index contributed by atoms with van der Waals surface area (Å²) in [5.41, 5.74) is 7.66. The van der Waals surface area contributed by atoms with E-state index in [4.69, 9.17) is 37.8 Å². The van der Waals surface area contributed by atoms with Gasteiger partial charge in [-0.3, -0.25) is 14.6 Å². The molecule has 0 aliphatic rings. The highest BCUT2D eigenvalue weighted by Crippen LogP contribution is 2.25. The minimum atomic E-state index is -1.75. The van der Waals surface area contributed by atoms with E-state index >= 15 is 0 Å². The second-order valence-electron chi connectivity index (χ2n) is 6.53. The van der Waals surface area contributed by atoms with Gasteiger partial charge < -0.3 is 15.8 Å². The van der Waals surface area contributed by atoms with Crippen LogP contribution in [0.1, 0.15) is 31.8 Å². The number of hydrogen-bond acceptors (Lipinski definition) is 4. The fourth-order valence-electron chi connectivity index (χ4n) is 2.65. The Kier molecular flexibility index (Phi) is 6.47. The molecular weight excluding hydrogens is 399 g/mol. The van der Waals surface area contributed by atoms with Crippen LogP contribution in [0, 0.1) is 0 Å². The third kappa shape index (κ3) is 5.21. The summed E-state index contributed by atoms with van der Waals surface area (Å²) in [5, 5.41) is 1.03. The number of carbonyl (C=O) groups is 2. The molecule has 2 amide bonds. The average Bonchev–Trinajstić information content (AvgIpc) is 2.74. The van der Waals surface area contributed by atoms with E-state index in [0.717, 1.165) is 5.56 Å². The van der Waals surface area contributed by atoms with Crippen LogP contribution in [-0.2, 0) is 11.3 Å². The lowest BCUT2D eigenvalue weighted by molar-refractivity contribution is 0.0996. The van der Waals surface area contributed by atoms with Gasteiger partial charge in [0, 0.05) is 28.7 Å². The summed E-state index contributed by atoms with van der Waals surface area (Å²) >= 11 is 5.77. The molecule has 3 aromatic rings. The number of pyridine rings is 1. The van der Waals surface area contributed by atoms with Crippen LogP contribution in [0.2, 0.25) is 0 Å². The highest BCUT2D eigenvalue weighted by molar-refractivity contribution is 6.39. The van der Waals surface area contributed by atoms with Gasteiger partial charge in [0.25, 0.3) is 5.91 Å². The summed E-state index contributed by atoms with van der Waals surface area (Å²) in [5.74, 6) is -0.412. The molecular formula is C21H16B2ClN3O3. The van der Waals surface area contributed by atoms with E-state index in [1.165, 1.54) is 18.5 Å². The van der Waals surface area contributed by atoms with E-state index in [0.29, 0.717) is 22.7 Å². The molecule has 0 bridgehead atoms. The fourth-order valence-corrected chi connectivity index (χ4v) is 2.83. The van der Waals surface area contributed by atoms with Gasteiger partial charge >= 0.3 is 0 Å². The number of amides is 2. The van der Waals surface area contributed by atoms with Gasteiger partial charge in [-0.05, 0) is 41.5 Å². The molecule has 0 unspecified atom stereocenters. The zero-order chi connectivity index (χ0) is 21.7. The Balaban J connectivity index is 1.77. The number of hydrogen-bond donors (Lipinski definition) is 2. The van der Waals surface area contributed by atoms with E-state index in [1.54, 1.807) is 48.5 Å². The number of nitrogens with two attached hydrogens (primary N) is 1. The quantitative estimate of drug-likeness (QED) is 0.458. The second kappa shape index (κ2) is 9.05. The minimum Gasteiger partial charge on any atom is -0.501 e. The van der Waals surface area contributed by atoms with Gasteiger partial charge in [0.1, 0.15) is 21.4 Å². The van der Waals surface area contributed by atoms with Gasteiger partial charge in [0.05, 0.1) is 11.8 Å². The Morgan fingerprint density at radius 2 is 1.80 bits per heavy atom. The fraction of sp³-hybridized carbons (Fsp3) is 0.0952. The minimum absolute atomic E-state index is 0.157. The Morgan fingerprint density at radius 3 is 2.47 bits per heavy atom. The lowest BCUT2D eigenvalue weighted by Crippen LogP contribution is -2.34. The predicted molar refractivity (Wildman–Crippen MR) is 117 cm³/mol. The molecule has 0 saturated heterocycles. The molecule has 0 atom stereocenters. The van der Waals surface area contributed by atoms with Crippen LogP contribution in [0.5, 0.6) is 5.75 Å². The normalized spacial score (nSPS) is 11.0. The van der Waals surface area contributed by atoms with Crippen LogP contribution >= 0.6 is 11.6 Å². The van der Waals surface area contributed by atoms with Gasteiger partial charge in [-0.25, -0.2) is 0 Å². The molecule has 3 N–H and O–H groups in total. The molecule has 0 fully saturated rings. The molecule has 146 valence electrons. The number of anilines is 1. The Bertz CT molecular complexity index is 1080. The first-order chi connectivity index (χ1) is 14.3. The van der Waals surface area contributed by atoms with E-state index in [2.05, 4.69) is 10.3 Å². The van der Waals surface area contributed by atoms with Crippen LogP contribution in [0.15, 0.2) is 67.0 Å². The molecule has 0 spiro atoms. The second-order valence-corrected chi connectivity index (χ2v) is 6.80. The summed E-state index contributed by atoms with van der Waals surface area (Å²) in [4.78, 5) is 27.7. The molecule has 0 aliphatic heterocycles. The third-order valence-corrected chi connectivity index (χ3v) is 4.54. The SMILES string of the molecule is [B]C([B])(Oc1cncc(C(N)=O)c1)c1cccc(NC(=O)c2ccc(CCl)cc2)c1. The van der Waals surface area contributed by atoms with Crippen molar-refractivity contribution in [3.05, 3.63) is 89.2 Å². The van der Waals surface area contributed by atoms with E-state index < -0.39 is 11.3 Å². The highest BCUT2D eigenvalue weighted by atomic mass is 35.5. The highest BCUT2D eigenvalue weighted by Gasteiger charge is 2.23. The van der Waals surface area contributed by atoms with Gasteiger partial charge in [0.15, 0.2) is 0 Å². The van der Waals surface area contributed by atoms with Gasteiger partial charge in [-0.2, -0.15) is 0 Å². The van der Waals surface area contributed by atoms with Crippen molar-refractivity contribution in [1.29, 1.82) is 0 Å². The lowest BCUT2D eigenvalue weighted by Gasteiger charge is -2.29. The molecule has 1 aromatic heterocycles. The van der Waals surface area contributed by atoms with Gasteiger partial charge in [-0.1, -0.05) is 24.3 Å². The number of rotatable bonds is 7. The molecule has 1 heterocycles. The van der Waals surface area contributed by atoms with Crippen molar-refractivity contribution in [3.8, 4) is 5.75 Å². The maximum absolute atomic E-state index is 12.5. The van der Waals surface area contributed by atoms with Gasteiger partial charge in [0.2, 0.25) is 5.91 Å². The topological polar surface area (TPSA) is 94.3 Å². The third-order valence-electron chi connectivity index (χ3n) is 4.23. The summed E-state index contributed by atoms with van der Waals surface area (Å²) in [6.07, 6.45) is 2.66. The lowest BCUT2D eigenvalue weighted by atomic mass is 9.61. The van der Waals surface area contributed by atoms with Crippen molar-refractivity contribution >= 4 is 44.8 Å². The molecule has 2 aromatic carbocycles. The standard InChI is InChI=1S/C21H16B2ClN3O3/c22-21(23,30-18-8-15(19(25)28)11-26-12-18)16-2-1-3-17(9-16)27-20(29)14-6-4-13(10-24)5-7-14/h1-9,11-12H,10H2,(H2,25,28)(H,27,29). The number of halogens is 1. The van der Waals surface area contributed by atoms with Crippen LogP contribution in [0.4, 0.5) is 5.69 Å². The average molecular weight is 415 g/mol. The summed E-state index contributed by atoms with van der Waals surface area (Å²) in [7, 11) is 12.3. The number of primary amides is 1. The van der Waals surface area contributed by atoms with Crippen LogP contribution in [0.3, 0.4) is 0 Å². The van der Waals surface area contributed by atoms with Gasteiger partial charge in [-0.15, -0.1) is 11.6 Å². The molecule has 4 radical (unpaired) electrons. The van der Waals surface area contributed by atoms with Crippen molar-refractivity contribution < 1.29 is 14.3 Å². The predicted octanol–water partition coefficient (Wildman–Crippen LogP) is 2.70. The largest absolute Gasteiger partial charge is 0.501 e. The number of aromatic nitrogens is 1. The molecule has 3 rings (SSSR count). The Labute approximate surface area is 181 Å². The first-order valence-corrected chi connectivity index (χ1v) is 9.40. The number of alkyl halides is 1. The zero-order valence-corrected chi connectivity index (χ0v) is 16.6. The van der Waals surface area contributed by atoms with Crippen molar-refractivity contribution in [2.45, 2.75) is 11.3 Å². The maximum atomic E-state index is 12.5. The molecule has 30 heavy (non-hydrogen) atoms. The van der Waals surface area contributed by atoms with Crippen molar-refractivity contribution in [2.24, 2.45) is 5.73 Å². The monoisotopic (exact) mass is 415 g/mol. The number of nitrogens with one attached hydrogen (secondary N) is 1. The number of carbonyl (C=O) groups excluding carboxylic acids is 2. The van der Waals surface area contributed by atoms with Crippen molar-refractivity contribution in [2.75, 3.05) is 5.32 Å². The summed E-state index contributed by atoms with van der Waals surface area (Å²) in [6.45, 7) is 0. The Morgan fingerprint density at radius 1 is 1.07 bits per heavy atom. The number of ether oxygens (including phenoxy) is 1. The van der Waals surface area contributed by atoms with Crippen molar-refractivity contribution in [3.63, 3.8) is 0 Å². The van der Waals surface area contributed by atoms with Crippen molar-refractivity contribution in [1.82, 2.24) is 4.98 Å². The molecule has 6 nitrogen and oxygen atoms in total. The maximum Gasteiger partial charge on any atom is 0.255 e. The van der Waals surface area contributed by atoms with Crippen LogP contribution in [-0.4, -0.2) is 32.5 Å². The zero-order valence-electron chi connectivity index (χ0n) is 15.8. The molecule has 0 aliphatic carbocycles. The smallest absolute Gasteiger partial charge is 0.255 e. The Hall–Kier alpha value is -3.25. The van der Waals surface area contributed by atoms with Crippen LogP contribution in [0.25, 0.3) is 0 Å². The first-order valence-electron chi connectivity index (χ1n) is 8.87. The van der Waals surface area contributed by atoms with Crippen LogP contribution < -0.4 is 15.8 Å². The summed E-state index contributed by atoms with van der Waals surface area (Å²) < 4.78 is 5.61. The van der Waals surface area contributed by atoms with E-state index in [1.807, 2.05) is 0 Å².